The Morgan fingerprint density at radius 1 is 1.09 bits per heavy atom. The van der Waals surface area contributed by atoms with Crippen LogP contribution in [0.2, 0.25) is 0 Å². The van der Waals surface area contributed by atoms with Gasteiger partial charge < -0.3 is 4.74 Å². The summed E-state index contributed by atoms with van der Waals surface area (Å²) in [6, 6.07) is 8.38. The average molecular weight is 307 g/mol. The smallest absolute Gasteiger partial charge is 0.314 e. The van der Waals surface area contributed by atoms with E-state index in [1.807, 2.05) is 32.0 Å². The first-order valence-electron chi connectivity index (χ1n) is 7.98. The van der Waals surface area contributed by atoms with Gasteiger partial charge in [0.2, 0.25) is 6.04 Å². The van der Waals surface area contributed by atoms with Crippen molar-refractivity contribution < 1.29 is 14.5 Å². The zero-order chi connectivity index (χ0) is 16.4. The number of esters is 1. The van der Waals surface area contributed by atoms with Crippen molar-refractivity contribution in [3.63, 3.8) is 0 Å². The molecule has 122 valence electrons. The van der Waals surface area contributed by atoms with Crippen molar-refractivity contribution in [3.05, 3.63) is 40.4 Å². The fourth-order valence-electron chi connectivity index (χ4n) is 2.50. The molecule has 1 rings (SSSR count). The minimum atomic E-state index is -0.561. The molecule has 0 spiro atoms. The molecular formula is C17H25NO4. The van der Waals surface area contributed by atoms with Gasteiger partial charge in [0.05, 0.1) is 5.92 Å². The van der Waals surface area contributed by atoms with Gasteiger partial charge in [-0.15, -0.1) is 0 Å². The molecule has 22 heavy (non-hydrogen) atoms. The van der Waals surface area contributed by atoms with Crippen LogP contribution in [0.25, 0.3) is 0 Å². The number of hydrogen-bond acceptors (Lipinski definition) is 4. The minimum absolute atomic E-state index is 0.227. The maximum atomic E-state index is 12.3. The molecule has 5 heteroatoms. The van der Waals surface area contributed by atoms with E-state index in [4.69, 9.17) is 4.74 Å². The number of nitro groups is 1. The Hall–Kier alpha value is -1.91. The lowest BCUT2D eigenvalue weighted by Crippen LogP contribution is -2.25. The molecule has 0 saturated carbocycles. The van der Waals surface area contributed by atoms with Gasteiger partial charge in [0.25, 0.3) is 0 Å². The predicted octanol–water partition coefficient (Wildman–Crippen LogP) is 4.23. The molecule has 0 fully saturated rings. The second-order valence-electron chi connectivity index (χ2n) is 5.52. The van der Waals surface area contributed by atoms with Crippen LogP contribution >= 0.6 is 0 Å². The molecule has 0 aliphatic carbocycles. The van der Waals surface area contributed by atoms with Crippen LogP contribution in [-0.4, -0.2) is 16.9 Å². The average Bonchev–Trinajstić information content (AvgIpc) is 2.50. The van der Waals surface area contributed by atoms with Crippen LogP contribution in [0.1, 0.15) is 52.4 Å². The Labute approximate surface area is 131 Å². The van der Waals surface area contributed by atoms with Crippen molar-refractivity contribution in [2.24, 2.45) is 5.92 Å². The zero-order valence-electron chi connectivity index (χ0n) is 13.4. The van der Waals surface area contributed by atoms with Gasteiger partial charge >= 0.3 is 5.97 Å². The molecule has 0 amide bonds. The van der Waals surface area contributed by atoms with Crippen molar-refractivity contribution in [2.75, 3.05) is 0 Å². The van der Waals surface area contributed by atoms with E-state index in [0.717, 1.165) is 12.8 Å². The molecule has 2 atom stereocenters. The third-order valence-electron chi connectivity index (χ3n) is 3.70. The number of nitrogens with zero attached hydrogens (tertiary/aromatic N) is 1. The predicted molar refractivity (Wildman–Crippen MR) is 85.4 cm³/mol. The van der Waals surface area contributed by atoms with Crippen LogP contribution in [0, 0.1) is 16.0 Å². The molecule has 0 aliphatic heterocycles. The molecule has 0 N–H and O–H groups in total. The summed E-state index contributed by atoms with van der Waals surface area (Å²) in [5.41, 5.74) is 0. The molecule has 0 bridgehead atoms. The van der Waals surface area contributed by atoms with Crippen LogP contribution < -0.4 is 4.74 Å². The summed E-state index contributed by atoms with van der Waals surface area (Å²) in [6.45, 7) is 3.93. The van der Waals surface area contributed by atoms with Crippen LogP contribution in [-0.2, 0) is 4.79 Å². The number of benzene rings is 1. The van der Waals surface area contributed by atoms with E-state index in [1.165, 1.54) is 0 Å². The highest BCUT2D eigenvalue weighted by atomic mass is 16.6. The first kappa shape index (κ1) is 18.1. The van der Waals surface area contributed by atoms with Gasteiger partial charge in [0.15, 0.2) is 0 Å². The van der Waals surface area contributed by atoms with Gasteiger partial charge in [-0.05, 0) is 31.4 Å². The van der Waals surface area contributed by atoms with Crippen molar-refractivity contribution in [3.8, 4) is 5.75 Å². The standard InChI is InChI=1S/C17H25NO4/c1-3-8-14(12-13-15(9-4-2)18(20)21)17(19)22-16-10-6-5-7-11-16/h5-7,10-11,14-15H,3-4,8-9,12-13H2,1-2H3. The topological polar surface area (TPSA) is 69.4 Å². The first-order chi connectivity index (χ1) is 10.6. The summed E-state index contributed by atoms with van der Waals surface area (Å²) in [4.78, 5) is 23.0. The Morgan fingerprint density at radius 3 is 2.27 bits per heavy atom. The molecule has 0 aromatic heterocycles. The Morgan fingerprint density at radius 2 is 1.73 bits per heavy atom. The second-order valence-corrected chi connectivity index (χ2v) is 5.52. The van der Waals surface area contributed by atoms with E-state index in [1.54, 1.807) is 12.1 Å². The molecule has 0 radical (unpaired) electrons. The Balaban J connectivity index is 2.60. The summed E-state index contributed by atoms with van der Waals surface area (Å²) in [5, 5.41) is 11.0. The second kappa shape index (κ2) is 9.92. The fraction of sp³-hybridized carbons (Fsp3) is 0.588. The summed E-state index contributed by atoms with van der Waals surface area (Å²) in [7, 11) is 0. The van der Waals surface area contributed by atoms with Gasteiger partial charge in [-0.25, -0.2) is 0 Å². The third kappa shape index (κ3) is 6.24. The molecule has 5 nitrogen and oxygen atoms in total. The van der Waals surface area contributed by atoms with E-state index in [2.05, 4.69) is 0 Å². The largest absolute Gasteiger partial charge is 0.426 e. The van der Waals surface area contributed by atoms with E-state index in [-0.39, 0.29) is 16.8 Å². The molecule has 1 aromatic carbocycles. The van der Waals surface area contributed by atoms with Crippen molar-refractivity contribution in [1.82, 2.24) is 0 Å². The number of rotatable bonds is 10. The highest BCUT2D eigenvalue weighted by Crippen LogP contribution is 2.21. The normalized spacial score (nSPS) is 13.4. The molecular weight excluding hydrogens is 282 g/mol. The minimum Gasteiger partial charge on any atom is -0.426 e. The maximum Gasteiger partial charge on any atom is 0.314 e. The molecule has 2 unspecified atom stereocenters. The van der Waals surface area contributed by atoms with Crippen molar-refractivity contribution >= 4 is 5.97 Å². The van der Waals surface area contributed by atoms with Crippen LogP contribution in [0.15, 0.2) is 30.3 Å². The Kier molecular flexibility index (Phi) is 8.18. The van der Waals surface area contributed by atoms with Gasteiger partial charge in [0.1, 0.15) is 5.75 Å². The van der Waals surface area contributed by atoms with Crippen LogP contribution in [0.5, 0.6) is 5.75 Å². The third-order valence-corrected chi connectivity index (χ3v) is 3.70. The molecule has 1 aromatic rings. The fourth-order valence-corrected chi connectivity index (χ4v) is 2.50. The lowest BCUT2D eigenvalue weighted by Gasteiger charge is -2.16. The monoisotopic (exact) mass is 307 g/mol. The van der Waals surface area contributed by atoms with Gasteiger partial charge in [0, 0.05) is 17.8 Å². The summed E-state index contributed by atoms with van der Waals surface area (Å²) >= 11 is 0. The van der Waals surface area contributed by atoms with E-state index >= 15 is 0 Å². The number of carbonyl (C=O) groups excluding carboxylic acids is 1. The maximum absolute atomic E-state index is 12.3. The summed E-state index contributed by atoms with van der Waals surface area (Å²) < 4.78 is 5.37. The van der Waals surface area contributed by atoms with Crippen LogP contribution in [0.3, 0.4) is 0 Å². The lowest BCUT2D eigenvalue weighted by atomic mass is 9.94. The summed E-state index contributed by atoms with van der Waals surface area (Å²) in [5.74, 6) is -0.0378. The van der Waals surface area contributed by atoms with E-state index < -0.39 is 6.04 Å². The lowest BCUT2D eigenvalue weighted by molar-refractivity contribution is -0.524. The highest BCUT2D eigenvalue weighted by Gasteiger charge is 2.25. The SMILES string of the molecule is CCCC(CCC(CCC)[N+](=O)[O-])C(=O)Oc1ccccc1. The molecule has 0 saturated heterocycles. The summed E-state index contributed by atoms with van der Waals surface area (Å²) in [6.07, 6.45) is 3.81. The Bertz CT molecular complexity index is 461. The van der Waals surface area contributed by atoms with E-state index in [0.29, 0.717) is 31.4 Å². The molecule has 0 heterocycles. The number of para-hydroxylation sites is 1. The van der Waals surface area contributed by atoms with Gasteiger partial charge in [-0.1, -0.05) is 38.5 Å². The van der Waals surface area contributed by atoms with Crippen molar-refractivity contribution in [1.29, 1.82) is 0 Å². The number of hydrogen-bond donors (Lipinski definition) is 0. The van der Waals surface area contributed by atoms with Gasteiger partial charge in [-0.3, -0.25) is 14.9 Å². The molecule has 0 aliphatic rings. The quantitative estimate of drug-likeness (QED) is 0.281. The van der Waals surface area contributed by atoms with E-state index in [9.17, 15) is 14.9 Å². The van der Waals surface area contributed by atoms with Crippen LogP contribution in [0.4, 0.5) is 0 Å². The van der Waals surface area contributed by atoms with Gasteiger partial charge in [-0.2, -0.15) is 0 Å². The first-order valence-corrected chi connectivity index (χ1v) is 7.98. The zero-order valence-corrected chi connectivity index (χ0v) is 13.4. The highest BCUT2D eigenvalue weighted by molar-refractivity contribution is 5.75. The number of ether oxygens (including phenoxy) is 1. The van der Waals surface area contributed by atoms with Crippen molar-refractivity contribution in [2.45, 2.75) is 58.4 Å². The number of carbonyl (C=O) groups is 1.